The standard InChI is InChI=1S/C23H36O4/c1-15-14-17(24)6-10-21(15,3)18-7-11-22(4)19(16(18)2)8-12-23(22,26)13-9-20(25)27-5/h14,16,18-19,26H,6-13H2,1-5H3. The Morgan fingerprint density at radius 3 is 2.52 bits per heavy atom. The van der Waals surface area contributed by atoms with Crippen molar-refractivity contribution >= 4 is 11.8 Å². The molecule has 0 heterocycles. The van der Waals surface area contributed by atoms with Gasteiger partial charge in [-0.1, -0.05) is 26.3 Å². The van der Waals surface area contributed by atoms with Gasteiger partial charge in [-0.15, -0.1) is 0 Å². The van der Waals surface area contributed by atoms with Crippen molar-refractivity contribution in [2.75, 3.05) is 7.11 Å². The Morgan fingerprint density at radius 2 is 1.89 bits per heavy atom. The molecule has 0 amide bonds. The zero-order valence-corrected chi connectivity index (χ0v) is 17.6. The molecule has 4 heteroatoms. The summed E-state index contributed by atoms with van der Waals surface area (Å²) in [5.74, 6) is 1.52. The number of aliphatic hydroxyl groups is 1. The molecule has 0 saturated heterocycles. The van der Waals surface area contributed by atoms with Crippen LogP contribution in [0, 0.1) is 28.6 Å². The number of hydrogen-bond donors (Lipinski definition) is 1. The molecule has 6 atom stereocenters. The van der Waals surface area contributed by atoms with Gasteiger partial charge in [0.15, 0.2) is 5.78 Å². The number of ketones is 1. The van der Waals surface area contributed by atoms with E-state index in [9.17, 15) is 14.7 Å². The lowest BCUT2D eigenvalue weighted by molar-refractivity contribution is -0.147. The molecule has 0 bridgehead atoms. The second-order valence-corrected chi connectivity index (χ2v) is 9.89. The van der Waals surface area contributed by atoms with Crippen molar-refractivity contribution in [3.63, 3.8) is 0 Å². The lowest BCUT2D eigenvalue weighted by atomic mass is 9.50. The fourth-order valence-electron chi connectivity index (χ4n) is 6.86. The van der Waals surface area contributed by atoms with Crippen LogP contribution in [-0.2, 0) is 14.3 Å². The summed E-state index contributed by atoms with van der Waals surface area (Å²) in [6.45, 7) is 9.06. The highest BCUT2D eigenvalue weighted by atomic mass is 16.5. The smallest absolute Gasteiger partial charge is 0.305 e. The molecule has 3 aliphatic carbocycles. The maximum Gasteiger partial charge on any atom is 0.305 e. The predicted molar refractivity (Wildman–Crippen MR) is 105 cm³/mol. The van der Waals surface area contributed by atoms with Crippen LogP contribution in [0.15, 0.2) is 11.6 Å². The van der Waals surface area contributed by atoms with E-state index in [-0.39, 0.29) is 29.0 Å². The van der Waals surface area contributed by atoms with Gasteiger partial charge in [-0.05, 0) is 80.1 Å². The van der Waals surface area contributed by atoms with Crippen LogP contribution in [0.1, 0.15) is 79.1 Å². The number of carbonyl (C=O) groups excluding carboxylic acids is 2. The van der Waals surface area contributed by atoms with Crippen molar-refractivity contribution in [2.24, 2.45) is 28.6 Å². The van der Waals surface area contributed by atoms with E-state index in [1.165, 1.54) is 12.7 Å². The number of ether oxygens (including phenoxy) is 1. The molecule has 0 aromatic heterocycles. The van der Waals surface area contributed by atoms with E-state index in [4.69, 9.17) is 4.74 Å². The average Bonchev–Trinajstić information content (AvgIpc) is 2.89. The largest absolute Gasteiger partial charge is 0.469 e. The summed E-state index contributed by atoms with van der Waals surface area (Å²) in [4.78, 5) is 23.5. The monoisotopic (exact) mass is 376 g/mol. The molecule has 2 fully saturated rings. The number of methoxy groups -OCH3 is 1. The van der Waals surface area contributed by atoms with Crippen LogP contribution in [0.25, 0.3) is 0 Å². The summed E-state index contributed by atoms with van der Waals surface area (Å²) in [6.07, 6.45) is 8.10. The Hall–Kier alpha value is -1.16. The summed E-state index contributed by atoms with van der Waals surface area (Å²) in [6, 6.07) is 0. The molecule has 1 N–H and O–H groups in total. The number of carbonyl (C=O) groups is 2. The van der Waals surface area contributed by atoms with Gasteiger partial charge in [0, 0.05) is 12.8 Å². The third-order valence-corrected chi connectivity index (χ3v) is 8.95. The summed E-state index contributed by atoms with van der Waals surface area (Å²) in [5, 5.41) is 11.5. The van der Waals surface area contributed by atoms with Gasteiger partial charge in [-0.3, -0.25) is 9.59 Å². The zero-order chi connectivity index (χ0) is 20.0. The fraction of sp³-hybridized carbons (Fsp3) is 0.826. The molecule has 0 aromatic rings. The van der Waals surface area contributed by atoms with Gasteiger partial charge in [-0.2, -0.15) is 0 Å². The second kappa shape index (κ2) is 7.02. The Labute approximate surface area is 163 Å². The first-order valence-electron chi connectivity index (χ1n) is 10.6. The summed E-state index contributed by atoms with van der Waals surface area (Å²) < 4.78 is 4.79. The molecule has 0 aliphatic heterocycles. The zero-order valence-electron chi connectivity index (χ0n) is 17.6. The Morgan fingerprint density at radius 1 is 1.22 bits per heavy atom. The molecule has 27 heavy (non-hydrogen) atoms. The van der Waals surface area contributed by atoms with Crippen molar-refractivity contribution in [3.8, 4) is 0 Å². The van der Waals surface area contributed by atoms with Gasteiger partial charge >= 0.3 is 5.97 Å². The number of esters is 1. The molecule has 3 aliphatic rings. The highest BCUT2D eigenvalue weighted by Gasteiger charge is 2.61. The van der Waals surface area contributed by atoms with Crippen molar-refractivity contribution in [1.82, 2.24) is 0 Å². The molecule has 0 radical (unpaired) electrons. The molecule has 152 valence electrons. The van der Waals surface area contributed by atoms with Crippen LogP contribution in [0.2, 0.25) is 0 Å². The average molecular weight is 377 g/mol. The topological polar surface area (TPSA) is 63.6 Å². The highest BCUT2D eigenvalue weighted by molar-refractivity contribution is 5.91. The molecule has 0 aromatic carbocycles. The predicted octanol–water partition coefficient (Wildman–Crippen LogP) is 4.45. The van der Waals surface area contributed by atoms with Crippen LogP contribution in [-0.4, -0.2) is 29.6 Å². The van der Waals surface area contributed by atoms with Crippen molar-refractivity contribution in [2.45, 2.75) is 84.7 Å². The van der Waals surface area contributed by atoms with E-state index in [1.807, 2.05) is 6.08 Å². The molecule has 2 saturated carbocycles. The van der Waals surface area contributed by atoms with Crippen molar-refractivity contribution in [3.05, 3.63) is 11.6 Å². The third kappa shape index (κ3) is 3.18. The van der Waals surface area contributed by atoms with E-state index in [0.29, 0.717) is 30.6 Å². The lowest BCUT2D eigenvalue weighted by Crippen LogP contribution is -2.52. The van der Waals surface area contributed by atoms with Crippen LogP contribution >= 0.6 is 0 Å². The SMILES string of the molecule is COC(=O)CCC1(O)CCC2C(C)C(C3(C)CCC(=O)C=C3C)CCC21C. The maximum atomic E-state index is 11.8. The summed E-state index contributed by atoms with van der Waals surface area (Å²) in [5.41, 5.74) is 0.397. The van der Waals surface area contributed by atoms with Crippen molar-refractivity contribution < 1.29 is 19.4 Å². The second-order valence-electron chi connectivity index (χ2n) is 9.89. The molecule has 6 unspecified atom stereocenters. The van der Waals surface area contributed by atoms with Gasteiger partial charge in [0.1, 0.15) is 0 Å². The van der Waals surface area contributed by atoms with Gasteiger partial charge in [0.05, 0.1) is 12.7 Å². The molecular formula is C23H36O4. The first-order chi connectivity index (χ1) is 12.6. The molecule has 4 nitrogen and oxygen atoms in total. The maximum absolute atomic E-state index is 11.8. The molecular weight excluding hydrogens is 340 g/mol. The number of hydrogen-bond acceptors (Lipinski definition) is 4. The normalized spacial score (nSPS) is 44.6. The van der Waals surface area contributed by atoms with Crippen LogP contribution in [0.3, 0.4) is 0 Å². The quantitative estimate of drug-likeness (QED) is 0.736. The lowest BCUT2D eigenvalue weighted by Gasteiger charge is -2.55. The minimum absolute atomic E-state index is 0.0847. The van der Waals surface area contributed by atoms with Gasteiger partial charge < -0.3 is 9.84 Å². The van der Waals surface area contributed by atoms with Crippen LogP contribution in [0.4, 0.5) is 0 Å². The molecule has 3 rings (SSSR count). The number of rotatable bonds is 4. The van der Waals surface area contributed by atoms with E-state index in [0.717, 1.165) is 32.1 Å². The Kier molecular flexibility index (Phi) is 5.35. The van der Waals surface area contributed by atoms with Crippen LogP contribution in [0.5, 0.6) is 0 Å². The van der Waals surface area contributed by atoms with Gasteiger partial charge in [-0.25, -0.2) is 0 Å². The first kappa shape index (κ1) is 20.6. The minimum Gasteiger partial charge on any atom is -0.469 e. The summed E-state index contributed by atoms with van der Waals surface area (Å²) in [7, 11) is 1.41. The van der Waals surface area contributed by atoms with Crippen molar-refractivity contribution in [1.29, 1.82) is 0 Å². The van der Waals surface area contributed by atoms with Crippen LogP contribution < -0.4 is 0 Å². The highest BCUT2D eigenvalue weighted by Crippen LogP contribution is 2.65. The van der Waals surface area contributed by atoms with Gasteiger partial charge in [0.25, 0.3) is 0 Å². The Balaban J connectivity index is 1.81. The molecule has 0 spiro atoms. The number of allylic oxidation sites excluding steroid dienone is 2. The van der Waals surface area contributed by atoms with Gasteiger partial charge in [0.2, 0.25) is 0 Å². The van der Waals surface area contributed by atoms with E-state index in [2.05, 4.69) is 27.7 Å². The number of fused-ring (bicyclic) bond motifs is 1. The third-order valence-electron chi connectivity index (χ3n) is 8.95. The minimum atomic E-state index is -0.778. The fourth-order valence-corrected chi connectivity index (χ4v) is 6.86. The first-order valence-corrected chi connectivity index (χ1v) is 10.6. The Bertz CT molecular complexity index is 653. The van der Waals surface area contributed by atoms with E-state index in [1.54, 1.807) is 0 Å². The summed E-state index contributed by atoms with van der Waals surface area (Å²) >= 11 is 0. The van der Waals surface area contributed by atoms with E-state index < -0.39 is 5.60 Å². The van der Waals surface area contributed by atoms with E-state index >= 15 is 0 Å².